The van der Waals surface area contributed by atoms with E-state index in [1.165, 1.54) is 0 Å². The van der Waals surface area contributed by atoms with Gasteiger partial charge in [-0.15, -0.1) is 11.8 Å². The van der Waals surface area contributed by atoms with Gasteiger partial charge in [0.2, 0.25) is 6.41 Å². The summed E-state index contributed by atoms with van der Waals surface area (Å²) in [5, 5.41) is 8.87. The van der Waals surface area contributed by atoms with Crippen molar-refractivity contribution in [3.63, 3.8) is 0 Å². The van der Waals surface area contributed by atoms with E-state index in [0.29, 0.717) is 5.37 Å². The summed E-state index contributed by atoms with van der Waals surface area (Å²) in [5.74, 6) is 0. The predicted molar refractivity (Wildman–Crippen MR) is 53.1 cm³/mol. The number of hydrogen-bond acceptors (Lipinski definition) is 4. The Labute approximate surface area is 81.7 Å². The second kappa shape index (κ2) is 4.02. The first kappa shape index (κ1) is 8.90. The SMILES string of the molecule is O=CN1CCNCC1C1NC=CS1. The molecule has 2 N–H and O–H groups in total. The molecule has 0 spiro atoms. The lowest BCUT2D eigenvalue weighted by Crippen LogP contribution is -2.56. The number of piperazine rings is 1. The summed E-state index contributed by atoms with van der Waals surface area (Å²) >= 11 is 1.74. The largest absolute Gasteiger partial charge is 0.377 e. The Kier molecular flexibility index (Phi) is 2.75. The van der Waals surface area contributed by atoms with E-state index in [1.54, 1.807) is 11.8 Å². The Hall–Kier alpha value is -0.680. The molecule has 2 aliphatic rings. The monoisotopic (exact) mass is 199 g/mol. The van der Waals surface area contributed by atoms with E-state index in [-0.39, 0.29) is 6.04 Å². The number of rotatable bonds is 2. The standard InChI is InChI=1S/C8H13N3OS/c12-6-11-3-1-9-5-7(11)8-10-2-4-13-8/h2,4,6-10H,1,3,5H2. The topological polar surface area (TPSA) is 44.4 Å². The molecule has 0 aromatic rings. The fourth-order valence-electron chi connectivity index (χ4n) is 1.65. The Bertz CT molecular complexity index is 213. The van der Waals surface area contributed by atoms with Gasteiger partial charge in [0.25, 0.3) is 0 Å². The van der Waals surface area contributed by atoms with Crippen LogP contribution in [0.15, 0.2) is 11.6 Å². The average Bonchev–Trinajstić information content (AvgIpc) is 2.70. The van der Waals surface area contributed by atoms with E-state index in [2.05, 4.69) is 10.6 Å². The molecule has 1 saturated heterocycles. The third-order valence-corrected chi connectivity index (χ3v) is 3.40. The highest BCUT2D eigenvalue weighted by molar-refractivity contribution is 8.03. The molecule has 2 aliphatic heterocycles. The molecule has 1 amide bonds. The highest BCUT2D eigenvalue weighted by Gasteiger charge is 2.29. The Morgan fingerprint density at radius 2 is 2.54 bits per heavy atom. The third-order valence-electron chi connectivity index (χ3n) is 2.36. The lowest BCUT2D eigenvalue weighted by molar-refractivity contribution is -0.121. The van der Waals surface area contributed by atoms with Crippen LogP contribution in [0, 0.1) is 0 Å². The molecule has 2 unspecified atom stereocenters. The number of amides is 1. The van der Waals surface area contributed by atoms with E-state index in [9.17, 15) is 4.79 Å². The Balaban J connectivity index is 1.97. The van der Waals surface area contributed by atoms with Crippen LogP contribution >= 0.6 is 11.8 Å². The minimum absolute atomic E-state index is 0.270. The van der Waals surface area contributed by atoms with E-state index >= 15 is 0 Å². The quantitative estimate of drug-likeness (QED) is 0.591. The van der Waals surface area contributed by atoms with Crippen molar-refractivity contribution >= 4 is 18.2 Å². The summed E-state index contributed by atoms with van der Waals surface area (Å²) in [6.07, 6.45) is 2.89. The maximum absolute atomic E-state index is 10.8. The molecule has 0 aromatic carbocycles. The van der Waals surface area contributed by atoms with Crippen LogP contribution in [0.3, 0.4) is 0 Å². The van der Waals surface area contributed by atoms with E-state index in [1.807, 2.05) is 16.5 Å². The predicted octanol–water partition coefficient (Wildman–Crippen LogP) is -0.450. The van der Waals surface area contributed by atoms with Gasteiger partial charge in [0.05, 0.1) is 11.4 Å². The van der Waals surface area contributed by atoms with Gasteiger partial charge in [-0.3, -0.25) is 4.79 Å². The smallest absolute Gasteiger partial charge is 0.210 e. The van der Waals surface area contributed by atoms with Crippen molar-refractivity contribution in [2.45, 2.75) is 11.4 Å². The zero-order valence-corrected chi connectivity index (χ0v) is 8.09. The fourth-order valence-corrected chi connectivity index (χ4v) is 2.57. The van der Waals surface area contributed by atoms with Crippen molar-refractivity contribution in [2.24, 2.45) is 0 Å². The maximum Gasteiger partial charge on any atom is 0.210 e. The molecule has 0 aliphatic carbocycles. The summed E-state index contributed by atoms with van der Waals surface area (Å²) in [7, 11) is 0. The molecular formula is C8H13N3OS. The van der Waals surface area contributed by atoms with Gasteiger partial charge in [-0.05, 0) is 5.41 Å². The molecule has 2 rings (SSSR count). The van der Waals surface area contributed by atoms with Crippen molar-refractivity contribution < 1.29 is 4.79 Å². The number of hydrogen-bond donors (Lipinski definition) is 2. The van der Waals surface area contributed by atoms with Gasteiger partial charge >= 0.3 is 0 Å². The molecule has 2 atom stereocenters. The van der Waals surface area contributed by atoms with Crippen LogP contribution in [0.5, 0.6) is 0 Å². The average molecular weight is 199 g/mol. The number of nitrogens with one attached hydrogen (secondary N) is 2. The van der Waals surface area contributed by atoms with Gasteiger partial charge < -0.3 is 15.5 Å². The second-order valence-electron chi connectivity index (χ2n) is 3.14. The van der Waals surface area contributed by atoms with Gasteiger partial charge in [-0.2, -0.15) is 0 Å². The summed E-state index contributed by atoms with van der Waals surface area (Å²) in [4.78, 5) is 12.6. The summed E-state index contributed by atoms with van der Waals surface area (Å²) in [6, 6.07) is 0.270. The number of thioether (sulfide) groups is 1. The van der Waals surface area contributed by atoms with Crippen LogP contribution in [0.1, 0.15) is 0 Å². The molecule has 1 fully saturated rings. The Morgan fingerprint density at radius 1 is 1.62 bits per heavy atom. The molecule has 0 saturated carbocycles. The van der Waals surface area contributed by atoms with Crippen LogP contribution in [-0.2, 0) is 4.79 Å². The van der Waals surface area contributed by atoms with Crippen LogP contribution < -0.4 is 10.6 Å². The number of carbonyl (C=O) groups excluding carboxylic acids is 1. The molecule has 2 heterocycles. The van der Waals surface area contributed by atoms with Crippen molar-refractivity contribution in [3.05, 3.63) is 11.6 Å². The molecule has 0 aromatic heterocycles. The molecule has 0 radical (unpaired) electrons. The summed E-state index contributed by atoms with van der Waals surface area (Å²) < 4.78 is 0. The first-order valence-electron chi connectivity index (χ1n) is 4.40. The fraction of sp³-hybridized carbons (Fsp3) is 0.625. The molecule has 0 bridgehead atoms. The highest BCUT2D eigenvalue weighted by Crippen LogP contribution is 2.22. The van der Waals surface area contributed by atoms with E-state index in [0.717, 1.165) is 26.0 Å². The zero-order chi connectivity index (χ0) is 9.10. The van der Waals surface area contributed by atoms with E-state index in [4.69, 9.17) is 0 Å². The number of nitrogens with zero attached hydrogens (tertiary/aromatic N) is 1. The van der Waals surface area contributed by atoms with Gasteiger partial charge in [0.1, 0.15) is 0 Å². The van der Waals surface area contributed by atoms with Gasteiger partial charge in [-0.1, -0.05) is 0 Å². The van der Waals surface area contributed by atoms with Crippen LogP contribution in [-0.4, -0.2) is 42.4 Å². The molecule has 5 heteroatoms. The zero-order valence-electron chi connectivity index (χ0n) is 7.27. The minimum atomic E-state index is 0.270. The van der Waals surface area contributed by atoms with Crippen molar-refractivity contribution in [2.75, 3.05) is 19.6 Å². The number of carbonyl (C=O) groups is 1. The van der Waals surface area contributed by atoms with Crippen molar-refractivity contribution in [1.29, 1.82) is 0 Å². The van der Waals surface area contributed by atoms with Gasteiger partial charge in [0, 0.05) is 25.8 Å². The first-order valence-corrected chi connectivity index (χ1v) is 5.34. The van der Waals surface area contributed by atoms with Crippen molar-refractivity contribution in [1.82, 2.24) is 15.5 Å². The molecular weight excluding hydrogens is 186 g/mol. The minimum Gasteiger partial charge on any atom is -0.377 e. The van der Waals surface area contributed by atoms with Gasteiger partial charge in [-0.25, -0.2) is 0 Å². The first-order chi connectivity index (χ1) is 6.42. The second-order valence-corrected chi connectivity index (χ2v) is 4.19. The third kappa shape index (κ3) is 1.81. The molecule has 13 heavy (non-hydrogen) atoms. The Morgan fingerprint density at radius 3 is 3.23 bits per heavy atom. The normalized spacial score (nSPS) is 33.1. The molecule has 72 valence electrons. The highest BCUT2D eigenvalue weighted by atomic mass is 32.2. The lowest BCUT2D eigenvalue weighted by atomic mass is 10.2. The summed E-state index contributed by atoms with van der Waals surface area (Å²) in [5.41, 5.74) is 0. The van der Waals surface area contributed by atoms with Crippen molar-refractivity contribution in [3.8, 4) is 0 Å². The lowest BCUT2D eigenvalue weighted by Gasteiger charge is -2.36. The summed E-state index contributed by atoms with van der Waals surface area (Å²) in [6.45, 7) is 2.60. The van der Waals surface area contributed by atoms with Gasteiger partial charge in [0.15, 0.2) is 0 Å². The maximum atomic E-state index is 10.8. The van der Waals surface area contributed by atoms with Crippen LogP contribution in [0.4, 0.5) is 0 Å². The van der Waals surface area contributed by atoms with E-state index < -0.39 is 0 Å². The van der Waals surface area contributed by atoms with Crippen LogP contribution in [0.2, 0.25) is 0 Å². The van der Waals surface area contributed by atoms with Crippen LogP contribution in [0.25, 0.3) is 0 Å². The molecule has 4 nitrogen and oxygen atoms in total.